The van der Waals surface area contributed by atoms with Gasteiger partial charge in [0.05, 0.1) is 0 Å². The standard InChI is InChI=1S/C17H22O.C17H20O/c2*1-13-5-7-14(8-6-13)15-11-17(12-16(15)18)9-3-2-4-10-17/h5-8,15H,2-4,9-12H2,1H3;5-8,11H,2-4,9-10,12H2,1H3. The molecule has 2 heteroatoms. The lowest BCUT2D eigenvalue weighted by Crippen LogP contribution is -2.20. The first-order valence-corrected chi connectivity index (χ1v) is 14.3. The lowest BCUT2D eigenvalue weighted by Gasteiger charge is -2.32. The molecule has 0 radical (unpaired) electrons. The van der Waals surface area contributed by atoms with Crippen LogP contribution in [0.25, 0.3) is 5.57 Å². The molecule has 0 amide bonds. The van der Waals surface area contributed by atoms with E-state index in [4.69, 9.17) is 0 Å². The minimum Gasteiger partial charge on any atom is -0.299 e. The Labute approximate surface area is 217 Å². The highest BCUT2D eigenvalue weighted by Crippen LogP contribution is 2.52. The van der Waals surface area contributed by atoms with Gasteiger partial charge in [0.25, 0.3) is 0 Å². The van der Waals surface area contributed by atoms with Crippen LogP contribution in [0.1, 0.15) is 112 Å². The van der Waals surface area contributed by atoms with Gasteiger partial charge in [0.15, 0.2) is 5.78 Å². The molecule has 4 aliphatic rings. The van der Waals surface area contributed by atoms with Crippen LogP contribution in [0.5, 0.6) is 0 Å². The Morgan fingerprint density at radius 2 is 1.22 bits per heavy atom. The number of aryl methyl sites for hydroxylation is 2. The molecule has 4 aliphatic carbocycles. The Hall–Kier alpha value is -2.48. The largest absolute Gasteiger partial charge is 0.299 e. The van der Waals surface area contributed by atoms with Gasteiger partial charge in [-0.1, -0.05) is 104 Å². The van der Waals surface area contributed by atoms with Gasteiger partial charge in [-0.25, -0.2) is 0 Å². The molecule has 1 atom stereocenters. The highest BCUT2D eigenvalue weighted by atomic mass is 16.1. The lowest BCUT2D eigenvalue weighted by atomic mass is 9.72. The van der Waals surface area contributed by atoms with E-state index in [0.717, 1.165) is 30.4 Å². The molecular formula is C34H42O2. The van der Waals surface area contributed by atoms with E-state index >= 15 is 0 Å². The SMILES string of the molecule is Cc1ccc(C2=CC3(CCCCC3)CC2=O)cc1.Cc1ccc(C2CC3(CCCCC3)CC2=O)cc1. The molecule has 36 heavy (non-hydrogen) atoms. The van der Waals surface area contributed by atoms with Gasteiger partial charge < -0.3 is 0 Å². The van der Waals surface area contributed by atoms with E-state index in [2.05, 4.69) is 68.5 Å². The zero-order chi connectivity index (χ0) is 25.2. The normalized spacial score (nSPS) is 24.5. The summed E-state index contributed by atoms with van der Waals surface area (Å²) < 4.78 is 0. The first-order valence-electron chi connectivity index (χ1n) is 14.3. The number of carbonyl (C=O) groups excluding carboxylic acids is 2. The second kappa shape index (κ2) is 10.5. The minimum atomic E-state index is 0.184. The third-order valence-corrected chi connectivity index (χ3v) is 9.44. The van der Waals surface area contributed by atoms with Gasteiger partial charge in [0, 0.05) is 24.3 Å². The molecule has 0 saturated heterocycles. The third kappa shape index (κ3) is 5.43. The maximum Gasteiger partial charge on any atom is 0.164 e. The number of carbonyl (C=O) groups is 2. The maximum atomic E-state index is 12.3. The molecule has 0 aliphatic heterocycles. The summed E-state index contributed by atoms with van der Waals surface area (Å²) in [6.07, 6.45) is 17.9. The van der Waals surface area contributed by atoms with Crippen LogP contribution >= 0.6 is 0 Å². The molecule has 0 bridgehead atoms. The fourth-order valence-corrected chi connectivity index (χ4v) is 7.30. The summed E-state index contributed by atoms with van der Waals surface area (Å²) >= 11 is 0. The third-order valence-electron chi connectivity index (χ3n) is 9.44. The van der Waals surface area contributed by atoms with Gasteiger partial charge in [0.1, 0.15) is 5.78 Å². The van der Waals surface area contributed by atoms with Crippen molar-refractivity contribution in [2.24, 2.45) is 10.8 Å². The molecular weight excluding hydrogens is 440 g/mol. The van der Waals surface area contributed by atoms with E-state index in [1.807, 2.05) is 0 Å². The molecule has 0 aromatic heterocycles. The van der Waals surface area contributed by atoms with Gasteiger partial charge in [0.2, 0.25) is 0 Å². The fourth-order valence-electron chi connectivity index (χ4n) is 7.30. The Morgan fingerprint density at radius 3 is 1.83 bits per heavy atom. The highest BCUT2D eigenvalue weighted by molar-refractivity contribution is 6.23. The van der Waals surface area contributed by atoms with Gasteiger partial charge in [-0.05, 0) is 67.9 Å². The van der Waals surface area contributed by atoms with Crippen molar-refractivity contribution in [1.29, 1.82) is 0 Å². The number of rotatable bonds is 2. The summed E-state index contributed by atoms with van der Waals surface area (Å²) in [5.41, 5.74) is 6.41. The molecule has 3 fully saturated rings. The molecule has 2 aromatic carbocycles. The number of ketones is 2. The van der Waals surface area contributed by atoms with E-state index < -0.39 is 0 Å². The van der Waals surface area contributed by atoms with Crippen LogP contribution in [0.3, 0.4) is 0 Å². The lowest BCUT2D eigenvalue weighted by molar-refractivity contribution is -0.119. The topological polar surface area (TPSA) is 34.1 Å². The summed E-state index contributed by atoms with van der Waals surface area (Å²) in [6, 6.07) is 16.9. The molecule has 6 rings (SSSR count). The molecule has 2 aromatic rings. The Morgan fingerprint density at radius 1 is 0.667 bits per heavy atom. The molecule has 3 saturated carbocycles. The summed E-state index contributed by atoms with van der Waals surface area (Å²) in [7, 11) is 0. The molecule has 1 unspecified atom stereocenters. The van der Waals surface area contributed by atoms with Crippen molar-refractivity contribution in [3.05, 3.63) is 76.9 Å². The molecule has 0 heterocycles. The number of hydrogen-bond donors (Lipinski definition) is 0. The van der Waals surface area contributed by atoms with E-state index in [-0.39, 0.29) is 11.3 Å². The second-order valence-corrected chi connectivity index (χ2v) is 12.3. The van der Waals surface area contributed by atoms with Gasteiger partial charge in [-0.15, -0.1) is 0 Å². The fraction of sp³-hybridized carbons (Fsp3) is 0.529. The second-order valence-electron chi connectivity index (χ2n) is 12.3. The number of allylic oxidation sites excluding steroid dienone is 2. The van der Waals surface area contributed by atoms with Crippen LogP contribution in [-0.4, -0.2) is 11.6 Å². The average Bonchev–Trinajstić information content (AvgIpc) is 3.37. The molecule has 2 nitrogen and oxygen atoms in total. The van der Waals surface area contributed by atoms with Crippen LogP contribution < -0.4 is 0 Å². The van der Waals surface area contributed by atoms with E-state index in [9.17, 15) is 9.59 Å². The zero-order valence-electron chi connectivity index (χ0n) is 22.3. The minimum absolute atomic E-state index is 0.184. The summed E-state index contributed by atoms with van der Waals surface area (Å²) in [5, 5.41) is 0. The van der Waals surface area contributed by atoms with Gasteiger partial charge >= 0.3 is 0 Å². The monoisotopic (exact) mass is 482 g/mol. The van der Waals surface area contributed by atoms with Crippen LogP contribution in [0, 0.1) is 24.7 Å². The highest BCUT2D eigenvalue weighted by Gasteiger charge is 2.45. The smallest absolute Gasteiger partial charge is 0.164 e. The molecule has 2 spiro atoms. The van der Waals surface area contributed by atoms with Crippen LogP contribution in [0.4, 0.5) is 0 Å². The van der Waals surface area contributed by atoms with Crippen LogP contribution in [-0.2, 0) is 9.59 Å². The van der Waals surface area contributed by atoms with Crippen LogP contribution in [0.15, 0.2) is 54.6 Å². The predicted octanol–water partition coefficient (Wildman–Crippen LogP) is 8.69. The van der Waals surface area contributed by atoms with Crippen molar-refractivity contribution in [1.82, 2.24) is 0 Å². The quantitative estimate of drug-likeness (QED) is 0.429. The van der Waals surface area contributed by atoms with Crippen molar-refractivity contribution < 1.29 is 9.59 Å². The zero-order valence-corrected chi connectivity index (χ0v) is 22.3. The Balaban J connectivity index is 0.000000148. The van der Waals surface area contributed by atoms with Crippen molar-refractivity contribution >= 4 is 17.1 Å². The van der Waals surface area contributed by atoms with Crippen molar-refractivity contribution in [2.75, 3.05) is 0 Å². The number of hydrogen-bond acceptors (Lipinski definition) is 2. The summed E-state index contributed by atoms with van der Waals surface area (Å²) in [4.78, 5) is 24.6. The predicted molar refractivity (Wildman–Crippen MR) is 148 cm³/mol. The number of benzene rings is 2. The average molecular weight is 483 g/mol. The maximum absolute atomic E-state index is 12.3. The van der Waals surface area contributed by atoms with Crippen molar-refractivity contribution in [2.45, 2.75) is 103 Å². The van der Waals surface area contributed by atoms with E-state index in [1.165, 1.54) is 80.9 Å². The van der Waals surface area contributed by atoms with E-state index in [0.29, 0.717) is 17.0 Å². The first kappa shape index (κ1) is 25.2. The summed E-state index contributed by atoms with van der Waals surface area (Å²) in [5.74, 6) is 1.02. The first-order chi connectivity index (χ1) is 17.4. The van der Waals surface area contributed by atoms with Crippen molar-refractivity contribution in [3.8, 4) is 0 Å². The summed E-state index contributed by atoms with van der Waals surface area (Å²) in [6.45, 7) is 4.18. The Kier molecular flexibility index (Phi) is 7.33. The number of Topliss-reactive ketones (excluding diaryl/α,β-unsaturated/α-hetero) is 2. The van der Waals surface area contributed by atoms with Crippen molar-refractivity contribution in [3.63, 3.8) is 0 Å². The van der Waals surface area contributed by atoms with Crippen LogP contribution in [0.2, 0.25) is 0 Å². The Bertz CT molecular complexity index is 1110. The van der Waals surface area contributed by atoms with Gasteiger partial charge in [-0.3, -0.25) is 9.59 Å². The van der Waals surface area contributed by atoms with Gasteiger partial charge in [-0.2, -0.15) is 0 Å². The molecule has 0 N–H and O–H groups in total. The molecule has 190 valence electrons. The van der Waals surface area contributed by atoms with E-state index in [1.54, 1.807) is 0 Å².